The molecular formula is C10H10BrClN2O. The molecule has 1 aromatic carbocycles. The van der Waals surface area contributed by atoms with Crippen LogP contribution in [-0.2, 0) is 0 Å². The van der Waals surface area contributed by atoms with Gasteiger partial charge in [-0.2, -0.15) is 0 Å². The average molecular weight is 290 g/mol. The van der Waals surface area contributed by atoms with Crippen molar-refractivity contribution in [1.82, 2.24) is 10.6 Å². The van der Waals surface area contributed by atoms with Crippen molar-refractivity contribution in [3.63, 3.8) is 0 Å². The van der Waals surface area contributed by atoms with E-state index in [0.29, 0.717) is 10.6 Å². The largest absolute Gasteiger partial charge is 0.347 e. The number of carbonyl (C=O) groups excluding carboxylic acids is 1. The van der Waals surface area contributed by atoms with E-state index in [1.807, 2.05) is 0 Å². The van der Waals surface area contributed by atoms with Gasteiger partial charge in [0, 0.05) is 23.1 Å². The van der Waals surface area contributed by atoms with Crippen molar-refractivity contribution < 1.29 is 4.79 Å². The number of amides is 1. The minimum absolute atomic E-state index is 0.0566. The van der Waals surface area contributed by atoms with E-state index in [1.54, 1.807) is 18.2 Å². The highest BCUT2D eigenvalue weighted by Gasteiger charge is 2.19. The van der Waals surface area contributed by atoms with Crippen molar-refractivity contribution in [3.8, 4) is 0 Å². The van der Waals surface area contributed by atoms with Crippen LogP contribution in [0, 0.1) is 0 Å². The summed E-state index contributed by atoms with van der Waals surface area (Å²) in [5.41, 5.74) is 0.623. The highest BCUT2D eigenvalue weighted by molar-refractivity contribution is 9.10. The highest BCUT2D eigenvalue weighted by Crippen LogP contribution is 2.23. The average Bonchev–Trinajstić information content (AvgIpc) is 2.15. The SMILES string of the molecule is O=C(NC1CNC1)c1ccc(Cl)c(Br)c1. The maximum absolute atomic E-state index is 11.7. The van der Waals surface area contributed by atoms with Gasteiger partial charge in [0.2, 0.25) is 0 Å². The molecule has 1 saturated heterocycles. The van der Waals surface area contributed by atoms with E-state index in [2.05, 4.69) is 26.6 Å². The van der Waals surface area contributed by atoms with Crippen LogP contribution >= 0.6 is 27.5 Å². The zero-order valence-corrected chi connectivity index (χ0v) is 10.2. The summed E-state index contributed by atoms with van der Waals surface area (Å²) in [6, 6.07) is 5.41. The van der Waals surface area contributed by atoms with Crippen molar-refractivity contribution in [2.75, 3.05) is 13.1 Å². The second kappa shape index (κ2) is 4.51. The molecule has 0 bridgehead atoms. The number of hydrogen-bond donors (Lipinski definition) is 2. The third-order valence-corrected chi connectivity index (χ3v) is 3.51. The minimum atomic E-state index is -0.0566. The Morgan fingerprint density at radius 1 is 1.53 bits per heavy atom. The van der Waals surface area contributed by atoms with Gasteiger partial charge in [-0.1, -0.05) is 11.6 Å². The summed E-state index contributed by atoms with van der Waals surface area (Å²) in [5.74, 6) is -0.0566. The Kier molecular flexibility index (Phi) is 3.29. The Hall–Kier alpha value is -0.580. The molecule has 1 aromatic rings. The minimum Gasteiger partial charge on any atom is -0.347 e. The summed E-state index contributed by atoms with van der Waals surface area (Å²) >= 11 is 9.13. The molecule has 1 aliphatic rings. The third kappa shape index (κ3) is 2.51. The van der Waals surface area contributed by atoms with Crippen LogP contribution in [0.3, 0.4) is 0 Å². The first kappa shape index (κ1) is 10.9. The molecular weight excluding hydrogens is 279 g/mol. The summed E-state index contributed by atoms with van der Waals surface area (Å²) in [5, 5.41) is 6.62. The van der Waals surface area contributed by atoms with Gasteiger partial charge in [0.05, 0.1) is 11.1 Å². The molecule has 0 aromatic heterocycles. The smallest absolute Gasteiger partial charge is 0.251 e. The molecule has 80 valence electrons. The molecule has 0 saturated carbocycles. The van der Waals surface area contributed by atoms with E-state index in [1.165, 1.54) is 0 Å². The molecule has 1 amide bonds. The molecule has 0 aliphatic carbocycles. The molecule has 0 atom stereocenters. The van der Waals surface area contributed by atoms with Gasteiger partial charge in [-0.05, 0) is 34.1 Å². The van der Waals surface area contributed by atoms with E-state index in [-0.39, 0.29) is 11.9 Å². The fourth-order valence-electron chi connectivity index (χ4n) is 1.30. The number of halogens is 2. The first-order chi connectivity index (χ1) is 7.16. The molecule has 5 heteroatoms. The van der Waals surface area contributed by atoms with Crippen LogP contribution in [0.1, 0.15) is 10.4 Å². The Bertz CT molecular complexity index is 393. The maximum atomic E-state index is 11.7. The molecule has 2 N–H and O–H groups in total. The second-order valence-electron chi connectivity index (χ2n) is 3.46. The fraction of sp³-hybridized carbons (Fsp3) is 0.300. The second-order valence-corrected chi connectivity index (χ2v) is 4.72. The summed E-state index contributed by atoms with van der Waals surface area (Å²) < 4.78 is 0.739. The molecule has 3 nitrogen and oxygen atoms in total. The molecule has 0 spiro atoms. The van der Waals surface area contributed by atoms with Crippen LogP contribution in [0.25, 0.3) is 0 Å². The van der Waals surface area contributed by atoms with Crippen molar-refractivity contribution >= 4 is 33.4 Å². The van der Waals surface area contributed by atoms with Gasteiger partial charge >= 0.3 is 0 Å². The van der Waals surface area contributed by atoms with Crippen molar-refractivity contribution in [2.24, 2.45) is 0 Å². The quantitative estimate of drug-likeness (QED) is 0.872. The standard InChI is InChI=1S/C10H10BrClN2O/c11-8-3-6(1-2-9(8)12)10(15)14-7-4-13-5-7/h1-3,7,13H,4-5H2,(H,14,15). The third-order valence-electron chi connectivity index (χ3n) is 2.30. The first-order valence-corrected chi connectivity index (χ1v) is 5.80. The summed E-state index contributed by atoms with van der Waals surface area (Å²) in [7, 11) is 0. The summed E-state index contributed by atoms with van der Waals surface area (Å²) in [6.07, 6.45) is 0. The van der Waals surface area contributed by atoms with Gasteiger partial charge in [-0.25, -0.2) is 0 Å². The molecule has 2 rings (SSSR count). The van der Waals surface area contributed by atoms with Gasteiger partial charge in [0.1, 0.15) is 0 Å². The lowest BCUT2D eigenvalue weighted by atomic mass is 10.1. The van der Waals surface area contributed by atoms with Gasteiger partial charge in [-0.3, -0.25) is 4.79 Å². The van der Waals surface area contributed by atoms with E-state index in [0.717, 1.165) is 17.6 Å². The molecule has 0 radical (unpaired) electrons. The topological polar surface area (TPSA) is 41.1 Å². The summed E-state index contributed by atoms with van der Waals surface area (Å²) in [6.45, 7) is 1.70. The number of rotatable bonds is 2. The predicted molar refractivity (Wildman–Crippen MR) is 63.3 cm³/mol. The molecule has 15 heavy (non-hydrogen) atoms. The number of nitrogens with one attached hydrogen (secondary N) is 2. The van der Waals surface area contributed by atoms with Crippen LogP contribution in [0.15, 0.2) is 22.7 Å². The Morgan fingerprint density at radius 2 is 2.27 bits per heavy atom. The van der Waals surface area contributed by atoms with E-state index >= 15 is 0 Å². The maximum Gasteiger partial charge on any atom is 0.251 e. The lowest BCUT2D eigenvalue weighted by Gasteiger charge is -2.27. The van der Waals surface area contributed by atoms with Crippen molar-refractivity contribution in [3.05, 3.63) is 33.3 Å². The Morgan fingerprint density at radius 3 is 2.80 bits per heavy atom. The molecule has 1 heterocycles. The summed E-state index contributed by atoms with van der Waals surface area (Å²) in [4.78, 5) is 11.7. The molecule has 1 aliphatic heterocycles. The van der Waals surface area contributed by atoms with E-state index in [9.17, 15) is 4.79 Å². The lowest BCUT2D eigenvalue weighted by Crippen LogP contribution is -2.56. The fourth-order valence-corrected chi connectivity index (χ4v) is 1.79. The Balaban J connectivity index is 2.07. The van der Waals surface area contributed by atoms with Crippen LogP contribution in [0.5, 0.6) is 0 Å². The number of benzene rings is 1. The van der Waals surface area contributed by atoms with Crippen LogP contribution < -0.4 is 10.6 Å². The van der Waals surface area contributed by atoms with Crippen LogP contribution in [0.4, 0.5) is 0 Å². The predicted octanol–water partition coefficient (Wildman–Crippen LogP) is 1.80. The van der Waals surface area contributed by atoms with Crippen LogP contribution in [-0.4, -0.2) is 25.0 Å². The van der Waals surface area contributed by atoms with Gasteiger partial charge < -0.3 is 10.6 Å². The zero-order valence-electron chi connectivity index (χ0n) is 7.89. The van der Waals surface area contributed by atoms with Crippen molar-refractivity contribution in [1.29, 1.82) is 0 Å². The first-order valence-electron chi connectivity index (χ1n) is 4.63. The number of hydrogen-bond acceptors (Lipinski definition) is 2. The van der Waals surface area contributed by atoms with Crippen LogP contribution in [0.2, 0.25) is 5.02 Å². The normalized spacial score (nSPS) is 15.9. The monoisotopic (exact) mass is 288 g/mol. The van der Waals surface area contributed by atoms with Gasteiger partial charge in [-0.15, -0.1) is 0 Å². The highest BCUT2D eigenvalue weighted by atomic mass is 79.9. The number of carbonyl (C=O) groups is 1. The van der Waals surface area contributed by atoms with E-state index < -0.39 is 0 Å². The zero-order chi connectivity index (χ0) is 10.8. The Labute approximate surface area is 101 Å². The lowest BCUT2D eigenvalue weighted by molar-refractivity contribution is 0.0924. The molecule has 0 unspecified atom stereocenters. The van der Waals surface area contributed by atoms with Crippen molar-refractivity contribution in [2.45, 2.75) is 6.04 Å². The van der Waals surface area contributed by atoms with Gasteiger partial charge in [0.25, 0.3) is 5.91 Å². The van der Waals surface area contributed by atoms with E-state index in [4.69, 9.17) is 11.6 Å². The molecule has 1 fully saturated rings. The van der Waals surface area contributed by atoms with Gasteiger partial charge in [0.15, 0.2) is 0 Å².